The van der Waals surface area contributed by atoms with Gasteiger partial charge in [0.05, 0.1) is 5.56 Å². The first-order chi connectivity index (χ1) is 11.7. The quantitative estimate of drug-likeness (QED) is 0.914. The van der Waals surface area contributed by atoms with Crippen molar-refractivity contribution < 1.29 is 9.53 Å². The Kier molecular flexibility index (Phi) is 3.97. The van der Waals surface area contributed by atoms with Crippen LogP contribution in [0.2, 0.25) is 0 Å². The number of fused-ring (bicyclic) bond motifs is 3. The van der Waals surface area contributed by atoms with Gasteiger partial charge in [0.25, 0.3) is 0 Å². The van der Waals surface area contributed by atoms with Gasteiger partial charge in [-0.3, -0.25) is 4.79 Å². The summed E-state index contributed by atoms with van der Waals surface area (Å²) in [5, 5.41) is 0. The van der Waals surface area contributed by atoms with Crippen LogP contribution in [0.1, 0.15) is 53.9 Å². The van der Waals surface area contributed by atoms with Crippen LogP contribution in [0.15, 0.2) is 42.6 Å². The maximum absolute atomic E-state index is 11.1. The molecule has 0 aliphatic heterocycles. The van der Waals surface area contributed by atoms with E-state index in [-0.39, 0.29) is 0 Å². The Morgan fingerprint density at radius 3 is 2.33 bits per heavy atom. The highest BCUT2D eigenvalue weighted by atomic mass is 16.5. The molecule has 1 atom stereocenters. The Bertz CT molecular complexity index is 716. The van der Waals surface area contributed by atoms with Crippen molar-refractivity contribution in [3.8, 4) is 11.6 Å². The van der Waals surface area contributed by atoms with Crippen molar-refractivity contribution in [3.63, 3.8) is 0 Å². The van der Waals surface area contributed by atoms with E-state index in [2.05, 4.69) is 17.1 Å². The van der Waals surface area contributed by atoms with Crippen molar-refractivity contribution in [2.45, 2.75) is 38.0 Å². The number of nitrogens with zero attached hydrogens (tertiary/aromatic N) is 1. The molecule has 2 aromatic rings. The summed E-state index contributed by atoms with van der Waals surface area (Å²) < 4.78 is 5.75. The van der Waals surface area contributed by atoms with Crippen LogP contribution in [-0.4, -0.2) is 10.9 Å². The van der Waals surface area contributed by atoms with Crippen molar-refractivity contribution in [1.82, 2.24) is 4.98 Å². The number of rotatable bonds is 4. The largest absolute Gasteiger partial charge is 0.439 e. The highest BCUT2D eigenvalue weighted by Crippen LogP contribution is 2.49. The van der Waals surface area contributed by atoms with Crippen LogP contribution in [-0.2, 0) is 0 Å². The third kappa shape index (κ3) is 3.01. The van der Waals surface area contributed by atoms with Gasteiger partial charge < -0.3 is 10.5 Å². The molecule has 4 heteroatoms. The van der Waals surface area contributed by atoms with Crippen LogP contribution in [0.25, 0.3) is 0 Å². The molecule has 0 spiro atoms. The Balaban J connectivity index is 1.45. The number of hydrogen-bond donors (Lipinski definition) is 1. The molecule has 1 aromatic heterocycles. The molecule has 124 valence electrons. The summed E-state index contributed by atoms with van der Waals surface area (Å²) in [4.78, 5) is 15.2. The van der Waals surface area contributed by atoms with Crippen LogP contribution in [0, 0.1) is 11.8 Å². The van der Waals surface area contributed by atoms with Gasteiger partial charge in [0.2, 0.25) is 11.8 Å². The first kappa shape index (κ1) is 15.2. The molecule has 4 nitrogen and oxygen atoms in total. The minimum Gasteiger partial charge on any atom is -0.439 e. The number of carbonyl (C=O) groups excluding carboxylic acids is 1. The number of amides is 1. The molecule has 3 aliphatic carbocycles. The maximum atomic E-state index is 11.1. The van der Waals surface area contributed by atoms with Gasteiger partial charge in [0.1, 0.15) is 5.75 Å². The fraction of sp³-hybridized carbons (Fsp3) is 0.400. The normalized spacial score (nSPS) is 25.4. The Hall–Kier alpha value is -2.36. The van der Waals surface area contributed by atoms with Crippen molar-refractivity contribution in [2.24, 2.45) is 17.6 Å². The van der Waals surface area contributed by atoms with E-state index in [1.165, 1.54) is 43.9 Å². The van der Waals surface area contributed by atoms with Gasteiger partial charge in [-0.2, -0.15) is 0 Å². The summed E-state index contributed by atoms with van der Waals surface area (Å²) in [6, 6.07) is 11.7. The molecule has 5 rings (SSSR count). The van der Waals surface area contributed by atoms with Crippen molar-refractivity contribution in [1.29, 1.82) is 0 Å². The second-order valence-electron chi connectivity index (χ2n) is 7.04. The summed E-state index contributed by atoms with van der Waals surface area (Å²) in [6.45, 7) is 0. The van der Waals surface area contributed by atoms with E-state index in [0.29, 0.717) is 11.4 Å². The van der Waals surface area contributed by atoms with E-state index >= 15 is 0 Å². The molecule has 3 saturated carbocycles. The van der Waals surface area contributed by atoms with Crippen LogP contribution in [0.5, 0.6) is 11.6 Å². The summed E-state index contributed by atoms with van der Waals surface area (Å²) in [5.74, 6) is 3.26. The minimum atomic E-state index is -0.486. The van der Waals surface area contributed by atoms with Gasteiger partial charge in [0, 0.05) is 12.3 Å². The van der Waals surface area contributed by atoms with Crippen LogP contribution in [0.4, 0.5) is 0 Å². The van der Waals surface area contributed by atoms with Crippen LogP contribution >= 0.6 is 0 Å². The number of primary amides is 1. The fourth-order valence-electron chi connectivity index (χ4n) is 4.28. The van der Waals surface area contributed by atoms with E-state index in [1.54, 1.807) is 12.1 Å². The van der Waals surface area contributed by atoms with Gasteiger partial charge >= 0.3 is 0 Å². The summed E-state index contributed by atoms with van der Waals surface area (Å²) >= 11 is 0. The number of benzene rings is 1. The highest BCUT2D eigenvalue weighted by Gasteiger charge is 2.36. The average molecular weight is 322 g/mol. The predicted molar refractivity (Wildman–Crippen MR) is 92.1 cm³/mol. The van der Waals surface area contributed by atoms with Crippen molar-refractivity contribution >= 4 is 5.91 Å². The maximum Gasteiger partial charge on any atom is 0.250 e. The number of hydrogen-bond acceptors (Lipinski definition) is 3. The molecule has 2 bridgehead atoms. The SMILES string of the molecule is NC(=O)c1ccc(Oc2ccc(C3CC4CCC3CC4)cc2)nc1. The lowest BCUT2D eigenvalue weighted by Crippen LogP contribution is -2.29. The van der Waals surface area contributed by atoms with E-state index in [1.807, 2.05) is 12.1 Å². The first-order valence-corrected chi connectivity index (χ1v) is 8.73. The molecular weight excluding hydrogens is 300 g/mol. The molecule has 24 heavy (non-hydrogen) atoms. The molecule has 3 aliphatic rings. The van der Waals surface area contributed by atoms with Crippen molar-refractivity contribution in [3.05, 3.63) is 53.7 Å². The smallest absolute Gasteiger partial charge is 0.250 e. The standard InChI is InChI=1S/C20H22N2O2/c21-20(23)16-7-10-19(22-12-16)24-17-8-5-15(6-9-17)18-11-13-1-3-14(18)4-2-13/h5-10,12-14,18H,1-4,11H2,(H2,21,23). The minimum absolute atomic E-state index is 0.380. The monoisotopic (exact) mass is 322 g/mol. The van der Waals surface area contributed by atoms with E-state index in [4.69, 9.17) is 10.5 Å². The van der Waals surface area contributed by atoms with Crippen LogP contribution in [0.3, 0.4) is 0 Å². The zero-order valence-electron chi connectivity index (χ0n) is 13.7. The lowest BCUT2D eigenvalue weighted by molar-refractivity contribution is 0.1000. The average Bonchev–Trinajstić information content (AvgIpc) is 2.64. The molecule has 2 N–H and O–H groups in total. The molecule has 1 amide bonds. The second kappa shape index (κ2) is 6.27. The summed E-state index contributed by atoms with van der Waals surface area (Å²) in [6.07, 6.45) is 8.42. The van der Waals surface area contributed by atoms with E-state index in [0.717, 1.165) is 23.5 Å². The molecule has 1 unspecified atom stereocenters. The van der Waals surface area contributed by atoms with E-state index in [9.17, 15) is 4.79 Å². The molecule has 1 aromatic carbocycles. The molecule has 3 fully saturated rings. The van der Waals surface area contributed by atoms with Gasteiger partial charge in [-0.25, -0.2) is 4.98 Å². The van der Waals surface area contributed by atoms with E-state index < -0.39 is 5.91 Å². The number of aromatic nitrogens is 1. The number of pyridine rings is 1. The summed E-state index contributed by atoms with van der Waals surface area (Å²) in [5.41, 5.74) is 7.03. The number of carbonyl (C=O) groups is 1. The first-order valence-electron chi connectivity index (χ1n) is 8.73. The van der Waals surface area contributed by atoms with Crippen molar-refractivity contribution in [2.75, 3.05) is 0 Å². The second-order valence-corrected chi connectivity index (χ2v) is 7.04. The predicted octanol–water partition coefficient (Wildman–Crippen LogP) is 4.27. The molecule has 0 radical (unpaired) electrons. The molecule has 0 saturated heterocycles. The Morgan fingerprint density at radius 2 is 1.79 bits per heavy atom. The molecule has 1 heterocycles. The Labute approximate surface area is 142 Å². The van der Waals surface area contributed by atoms with Gasteiger partial charge in [-0.05, 0) is 60.8 Å². The molecular formula is C20H22N2O2. The van der Waals surface area contributed by atoms with Gasteiger partial charge in [0.15, 0.2) is 0 Å². The van der Waals surface area contributed by atoms with Gasteiger partial charge in [-0.15, -0.1) is 0 Å². The fourth-order valence-corrected chi connectivity index (χ4v) is 4.28. The van der Waals surface area contributed by atoms with Gasteiger partial charge in [-0.1, -0.05) is 25.0 Å². The van der Waals surface area contributed by atoms with Crippen LogP contribution < -0.4 is 10.5 Å². The Morgan fingerprint density at radius 1 is 1.04 bits per heavy atom. The third-order valence-electron chi connectivity index (χ3n) is 5.60. The third-order valence-corrected chi connectivity index (χ3v) is 5.60. The zero-order chi connectivity index (χ0) is 16.5. The number of nitrogens with two attached hydrogens (primary N) is 1. The zero-order valence-corrected chi connectivity index (χ0v) is 13.7. The summed E-state index contributed by atoms with van der Waals surface area (Å²) in [7, 11) is 0. The lowest BCUT2D eigenvalue weighted by atomic mass is 9.63. The highest BCUT2D eigenvalue weighted by molar-refractivity contribution is 5.92. The lowest BCUT2D eigenvalue weighted by Gasteiger charge is -2.42. The topological polar surface area (TPSA) is 65.2 Å². The number of ether oxygens (including phenoxy) is 1.